The summed E-state index contributed by atoms with van der Waals surface area (Å²) in [6.45, 7) is 1.73. The predicted octanol–water partition coefficient (Wildman–Crippen LogP) is 2.97. The Balaban J connectivity index is 1.56. The maximum atomic E-state index is 12.4. The SMILES string of the molecule is CN(C)C1CCN(C(=O)Cc2csc(-c3ccsc3)n2)CC1. The molecule has 1 amide bonds. The second-order valence-corrected chi connectivity index (χ2v) is 7.55. The third-order valence-corrected chi connectivity index (χ3v) is 5.82. The van der Waals surface area contributed by atoms with E-state index in [0.717, 1.165) is 42.2 Å². The van der Waals surface area contributed by atoms with Crippen molar-refractivity contribution in [2.45, 2.75) is 25.3 Å². The van der Waals surface area contributed by atoms with Crippen LogP contribution in [0.2, 0.25) is 0 Å². The smallest absolute Gasteiger partial charge is 0.228 e. The lowest BCUT2D eigenvalue weighted by atomic mass is 10.0. The van der Waals surface area contributed by atoms with Gasteiger partial charge in [-0.15, -0.1) is 11.3 Å². The van der Waals surface area contributed by atoms with E-state index in [1.807, 2.05) is 10.3 Å². The third kappa shape index (κ3) is 3.56. The molecule has 0 aromatic carbocycles. The fraction of sp³-hybridized carbons (Fsp3) is 0.500. The Morgan fingerprint density at radius 2 is 2.14 bits per heavy atom. The molecular weight excluding hydrogens is 314 g/mol. The molecule has 0 aliphatic carbocycles. The lowest BCUT2D eigenvalue weighted by Gasteiger charge is -2.35. The molecule has 1 aliphatic rings. The van der Waals surface area contributed by atoms with Crippen LogP contribution in [-0.4, -0.2) is 53.9 Å². The summed E-state index contributed by atoms with van der Waals surface area (Å²) in [5.41, 5.74) is 2.05. The number of amides is 1. The average molecular weight is 335 g/mol. The summed E-state index contributed by atoms with van der Waals surface area (Å²) in [4.78, 5) is 21.3. The summed E-state index contributed by atoms with van der Waals surface area (Å²) < 4.78 is 0. The number of rotatable bonds is 4. The minimum atomic E-state index is 0.208. The molecule has 3 rings (SSSR count). The Kier molecular flexibility index (Phi) is 4.90. The fourth-order valence-corrected chi connectivity index (χ4v) is 4.34. The minimum absolute atomic E-state index is 0.208. The number of nitrogens with zero attached hydrogens (tertiary/aromatic N) is 3. The minimum Gasteiger partial charge on any atom is -0.342 e. The molecular formula is C16H21N3OS2. The fourth-order valence-electron chi connectivity index (χ4n) is 2.81. The molecule has 22 heavy (non-hydrogen) atoms. The molecule has 0 N–H and O–H groups in total. The molecule has 3 heterocycles. The molecule has 0 spiro atoms. The zero-order valence-electron chi connectivity index (χ0n) is 13.0. The van der Waals surface area contributed by atoms with Crippen LogP contribution in [0.4, 0.5) is 0 Å². The Morgan fingerprint density at radius 1 is 1.36 bits per heavy atom. The number of piperidine rings is 1. The molecule has 1 fully saturated rings. The van der Waals surface area contributed by atoms with Gasteiger partial charge in [-0.25, -0.2) is 4.98 Å². The van der Waals surface area contributed by atoms with E-state index in [2.05, 4.69) is 40.8 Å². The van der Waals surface area contributed by atoms with E-state index in [4.69, 9.17) is 0 Å². The predicted molar refractivity (Wildman–Crippen MR) is 92.4 cm³/mol. The molecule has 0 bridgehead atoms. The standard InChI is InChI=1S/C16H21N3OS2/c1-18(2)14-3-6-19(7-4-14)15(20)9-13-11-22-16(17-13)12-5-8-21-10-12/h5,8,10-11,14H,3-4,6-7,9H2,1-2H3. The normalized spacial score (nSPS) is 16.4. The second kappa shape index (κ2) is 6.89. The molecule has 1 aliphatic heterocycles. The van der Waals surface area contributed by atoms with Gasteiger partial charge >= 0.3 is 0 Å². The van der Waals surface area contributed by atoms with Crippen molar-refractivity contribution in [2.75, 3.05) is 27.2 Å². The van der Waals surface area contributed by atoms with E-state index in [1.54, 1.807) is 22.7 Å². The highest BCUT2D eigenvalue weighted by molar-refractivity contribution is 7.14. The Bertz CT molecular complexity index is 613. The van der Waals surface area contributed by atoms with Gasteiger partial charge in [-0.3, -0.25) is 4.79 Å². The maximum Gasteiger partial charge on any atom is 0.228 e. The van der Waals surface area contributed by atoms with Gasteiger partial charge in [-0.05, 0) is 38.4 Å². The van der Waals surface area contributed by atoms with Crippen molar-refractivity contribution in [1.82, 2.24) is 14.8 Å². The van der Waals surface area contributed by atoms with Crippen molar-refractivity contribution in [3.63, 3.8) is 0 Å². The van der Waals surface area contributed by atoms with Crippen LogP contribution in [0.1, 0.15) is 18.5 Å². The van der Waals surface area contributed by atoms with Gasteiger partial charge in [0.1, 0.15) is 5.01 Å². The number of hydrogen-bond donors (Lipinski definition) is 0. The largest absolute Gasteiger partial charge is 0.342 e. The van der Waals surface area contributed by atoms with E-state index in [1.165, 1.54) is 0 Å². The lowest BCUT2D eigenvalue weighted by Crippen LogP contribution is -2.45. The summed E-state index contributed by atoms with van der Waals surface area (Å²) >= 11 is 3.29. The molecule has 0 unspecified atom stereocenters. The van der Waals surface area contributed by atoms with E-state index < -0.39 is 0 Å². The molecule has 2 aromatic rings. The van der Waals surface area contributed by atoms with Crippen molar-refractivity contribution in [1.29, 1.82) is 0 Å². The van der Waals surface area contributed by atoms with Crippen molar-refractivity contribution < 1.29 is 4.79 Å². The first-order valence-electron chi connectivity index (χ1n) is 7.54. The van der Waals surface area contributed by atoms with Crippen molar-refractivity contribution in [2.24, 2.45) is 0 Å². The van der Waals surface area contributed by atoms with E-state index in [0.29, 0.717) is 12.5 Å². The van der Waals surface area contributed by atoms with Gasteiger partial charge in [0.15, 0.2) is 0 Å². The van der Waals surface area contributed by atoms with E-state index >= 15 is 0 Å². The Morgan fingerprint density at radius 3 is 2.77 bits per heavy atom. The van der Waals surface area contributed by atoms with E-state index in [9.17, 15) is 4.79 Å². The summed E-state index contributed by atoms with van der Waals surface area (Å²) in [6.07, 6.45) is 2.55. The van der Waals surface area contributed by atoms with Crippen molar-refractivity contribution in [3.8, 4) is 10.6 Å². The lowest BCUT2D eigenvalue weighted by molar-refractivity contribution is -0.132. The van der Waals surface area contributed by atoms with Crippen molar-refractivity contribution >= 4 is 28.6 Å². The summed E-state index contributed by atoms with van der Waals surface area (Å²) in [5, 5.41) is 7.17. The number of carbonyl (C=O) groups is 1. The maximum absolute atomic E-state index is 12.4. The van der Waals surface area contributed by atoms with Gasteiger partial charge in [0.25, 0.3) is 0 Å². The van der Waals surface area contributed by atoms with Gasteiger partial charge < -0.3 is 9.80 Å². The molecule has 118 valence electrons. The highest BCUT2D eigenvalue weighted by atomic mass is 32.1. The number of carbonyl (C=O) groups excluding carboxylic acids is 1. The monoisotopic (exact) mass is 335 g/mol. The second-order valence-electron chi connectivity index (χ2n) is 5.91. The van der Waals surface area contributed by atoms with Crippen LogP contribution >= 0.6 is 22.7 Å². The van der Waals surface area contributed by atoms with Crippen LogP contribution < -0.4 is 0 Å². The van der Waals surface area contributed by atoms with Crippen LogP contribution in [0, 0.1) is 0 Å². The molecule has 6 heteroatoms. The number of hydrogen-bond acceptors (Lipinski definition) is 5. The zero-order chi connectivity index (χ0) is 15.5. The average Bonchev–Trinajstić information content (AvgIpc) is 3.18. The molecule has 0 saturated carbocycles. The van der Waals surface area contributed by atoms with Gasteiger partial charge in [0.05, 0.1) is 12.1 Å². The van der Waals surface area contributed by atoms with Crippen LogP contribution in [-0.2, 0) is 11.2 Å². The van der Waals surface area contributed by atoms with Crippen LogP contribution in [0.5, 0.6) is 0 Å². The van der Waals surface area contributed by atoms with Crippen LogP contribution in [0.3, 0.4) is 0 Å². The summed E-state index contributed by atoms with van der Waals surface area (Å²) in [5.74, 6) is 0.208. The number of aromatic nitrogens is 1. The van der Waals surface area contributed by atoms with Gasteiger partial charge in [0, 0.05) is 35.5 Å². The third-order valence-electron chi connectivity index (χ3n) is 4.20. The first-order chi connectivity index (χ1) is 10.6. The molecule has 1 saturated heterocycles. The van der Waals surface area contributed by atoms with E-state index in [-0.39, 0.29) is 5.91 Å². The molecule has 4 nitrogen and oxygen atoms in total. The summed E-state index contributed by atoms with van der Waals surface area (Å²) in [6, 6.07) is 2.68. The number of likely N-dealkylation sites (tertiary alicyclic amines) is 1. The first kappa shape index (κ1) is 15.6. The van der Waals surface area contributed by atoms with Gasteiger partial charge in [-0.2, -0.15) is 11.3 Å². The van der Waals surface area contributed by atoms with Crippen molar-refractivity contribution in [3.05, 3.63) is 27.9 Å². The first-order valence-corrected chi connectivity index (χ1v) is 9.37. The highest BCUT2D eigenvalue weighted by Crippen LogP contribution is 2.26. The molecule has 0 atom stereocenters. The van der Waals surface area contributed by atoms with Crippen LogP contribution in [0.15, 0.2) is 22.2 Å². The Labute approximate surface area is 139 Å². The highest BCUT2D eigenvalue weighted by Gasteiger charge is 2.24. The van der Waals surface area contributed by atoms with Gasteiger partial charge in [-0.1, -0.05) is 0 Å². The van der Waals surface area contributed by atoms with Crippen LogP contribution in [0.25, 0.3) is 10.6 Å². The zero-order valence-corrected chi connectivity index (χ0v) is 14.6. The summed E-state index contributed by atoms with van der Waals surface area (Å²) in [7, 11) is 4.23. The quantitative estimate of drug-likeness (QED) is 0.862. The number of thiazole rings is 1. The topological polar surface area (TPSA) is 36.4 Å². The number of thiophene rings is 1. The molecule has 2 aromatic heterocycles. The molecule has 0 radical (unpaired) electrons. The Hall–Kier alpha value is -1.24. The van der Waals surface area contributed by atoms with Gasteiger partial charge in [0.2, 0.25) is 5.91 Å².